The largest absolute Gasteiger partial charge is 1.00 e. The Morgan fingerprint density at radius 1 is 1.24 bits per heavy atom. The third-order valence-corrected chi connectivity index (χ3v) is 11.1. The molecule has 3 heterocycles. The lowest BCUT2D eigenvalue weighted by atomic mass is 9.57. The number of allylic oxidation sites excluding steroid dienone is 3. The summed E-state index contributed by atoms with van der Waals surface area (Å²) >= 11 is 0. The molecule has 268 valence electrons. The molecule has 0 radical (unpaired) electrons. The van der Waals surface area contributed by atoms with Crippen molar-refractivity contribution in [3.63, 3.8) is 0 Å². The van der Waals surface area contributed by atoms with Gasteiger partial charge in [0.2, 0.25) is 6.33 Å². The van der Waals surface area contributed by atoms with Gasteiger partial charge < -0.3 is 41.2 Å². The number of aryl methyl sites for hydroxylation is 2. The summed E-state index contributed by atoms with van der Waals surface area (Å²) in [5.74, 6) is -2.91. The van der Waals surface area contributed by atoms with Gasteiger partial charge in [0.05, 0.1) is 19.7 Å². The highest BCUT2D eigenvalue weighted by molar-refractivity contribution is 5.90. The second-order valence-electron chi connectivity index (χ2n) is 14.2. The first-order valence-corrected chi connectivity index (χ1v) is 17.2. The summed E-state index contributed by atoms with van der Waals surface area (Å²) in [6, 6.07) is 0. The van der Waals surface area contributed by atoms with Crippen LogP contribution in [0.2, 0.25) is 0 Å². The fourth-order valence-electron chi connectivity index (χ4n) is 8.66. The smallest absolute Gasteiger partial charge is 0.335 e. The van der Waals surface area contributed by atoms with Gasteiger partial charge in [-0.2, -0.15) is 0 Å². The van der Waals surface area contributed by atoms with Crippen LogP contribution in [-0.2, 0) is 51.7 Å². The van der Waals surface area contributed by atoms with Crippen molar-refractivity contribution in [3.05, 3.63) is 66.3 Å². The summed E-state index contributed by atoms with van der Waals surface area (Å²) in [5, 5.41) is 11.9. The van der Waals surface area contributed by atoms with Crippen molar-refractivity contribution in [2.75, 3.05) is 7.11 Å². The summed E-state index contributed by atoms with van der Waals surface area (Å²) in [6.45, 7) is 8.25. The van der Waals surface area contributed by atoms with Crippen molar-refractivity contribution in [2.24, 2.45) is 36.6 Å². The molecule has 12 heteroatoms. The zero-order chi connectivity index (χ0) is 34.3. The number of nitrogens with zero attached hydrogens (tertiary/aromatic N) is 2. The number of aromatic nitrogens is 2. The minimum atomic E-state index is -0.977. The van der Waals surface area contributed by atoms with Crippen molar-refractivity contribution in [1.29, 1.82) is 0 Å². The van der Waals surface area contributed by atoms with E-state index >= 15 is 0 Å². The van der Waals surface area contributed by atoms with E-state index in [0.717, 1.165) is 5.57 Å². The predicted octanol–water partition coefficient (Wildman–Crippen LogP) is 0.306. The monoisotopic (exact) mass is 700 g/mol. The molecule has 6 rings (SSSR count). The lowest BCUT2D eigenvalue weighted by Gasteiger charge is -2.49. The normalized spacial score (nSPS) is 37.9. The number of aliphatic hydroxyl groups excluding tert-OH is 1. The molecule has 2 aliphatic heterocycles. The van der Waals surface area contributed by atoms with Crippen molar-refractivity contribution >= 4 is 17.9 Å². The van der Waals surface area contributed by atoms with Crippen LogP contribution in [0.15, 0.2) is 66.3 Å². The van der Waals surface area contributed by atoms with E-state index in [1.165, 1.54) is 7.11 Å². The zero-order valence-electron chi connectivity index (χ0n) is 29.1. The molecule has 3 aliphatic carbocycles. The molecule has 11 nitrogen and oxygen atoms in total. The average Bonchev–Trinajstić information content (AvgIpc) is 3.78. The van der Waals surface area contributed by atoms with E-state index in [2.05, 4.69) is 12.2 Å². The molecule has 1 spiro atoms. The number of carbonyl (C=O) groups excluding carboxylic acids is 3. The summed E-state index contributed by atoms with van der Waals surface area (Å²) in [5.41, 5.74) is 0.487. The van der Waals surface area contributed by atoms with Crippen LogP contribution in [0, 0.1) is 29.6 Å². The van der Waals surface area contributed by atoms with E-state index < -0.39 is 54.2 Å². The van der Waals surface area contributed by atoms with Crippen molar-refractivity contribution < 1.29 is 60.1 Å². The molecular formula is C37H49ClN2O9. The van der Waals surface area contributed by atoms with Crippen molar-refractivity contribution in [3.8, 4) is 0 Å². The van der Waals surface area contributed by atoms with Gasteiger partial charge in [0.15, 0.2) is 6.10 Å². The van der Waals surface area contributed by atoms with Crippen LogP contribution in [0.4, 0.5) is 0 Å². The van der Waals surface area contributed by atoms with Crippen LogP contribution >= 0.6 is 0 Å². The molecule has 1 N–H and O–H groups in total. The highest BCUT2D eigenvalue weighted by atomic mass is 35.5. The SMILES string of the molecule is CO[C@H]1C[C@H]2C=C[C@H]3[C@H]4O[C@]2(/C(C)=C/[C@@H](C)[C@@H]([C@@H](C)OC(=O)CCCn2cc[n+](C)c2)OC1=O)[C@@H]3[C@H](O)[C@@H](C)[C@H]4OC(=O)C1=CC=CC1.[Cl-]. The molecule has 0 amide bonds. The maximum absolute atomic E-state index is 13.6. The van der Waals surface area contributed by atoms with E-state index in [4.69, 9.17) is 23.7 Å². The number of aliphatic hydroxyl groups is 1. The Kier molecular flexibility index (Phi) is 11.3. The topological polar surface area (TPSA) is 126 Å². The third-order valence-electron chi connectivity index (χ3n) is 11.1. The third kappa shape index (κ3) is 6.92. The van der Waals surface area contributed by atoms with Crippen molar-refractivity contribution in [1.82, 2.24) is 4.57 Å². The fraction of sp³-hybridized carbons (Fsp3) is 0.622. The van der Waals surface area contributed by atoms with E-state index in [1.807, 2.05) is 73.9 Å². The minimum absolute atomic E-state index is 0. The van der Waals surface area contributed by atoms with Gasteiger partial charge in [0.1, 0.15) is 42.4 Å². The standard InChI is InChI=1S/C37H49N2O9.ClH/c1-21-18-22(2)37-26(13-14-27-30(37)31(41)23(3)33(34(27)48-37)47-35(42)25-10-7-8-11-25)19-28(44-6)36(43)46-32(21)24(4)45-29(40)12-9-15-39-17-16-38(5)20-39;/h7-8,10,13-14,16-18,20-21,23-24,26-28,30-34,41H,9,11-12,15,19H2,1-6H3;1H/q+1;/p-1/b22-18+;/t21-,23-,24-,26-,27-,28+,30+,31-,32+,33-,34-,37+;/m1./s1. The van der Waals surface area contributed by atoms with Gasteiger partial charge in [-0.1, -0.05) is 50.3 Å². The number of cyclic esters (lactones) is 1. The Morgan fingerprint density at radius 2 is 2.02 bits per heavy atom. The molecule has 4 bridgehead atoms. The number of esters is 3. The average molecular weight is 701 g/mol. The quantitative estimate of drug-likeness (QED) is 0.168. The lowest BCUT2D eigenvalue weighted by molar-refractivity contribution is -0.671. The van der Waals surface area contributed by atoms with E-state index in [1.54, 1.807) is 13.0 Å². The summed E-state index contributed by atoms with van der Waals surface area (Å²) in [6.07, 6.45) is 14.7. The van der Waals surface area contributed by atoms with E-state index in [-0.39, 0.29) is 60.8 Å². The van der Waals surface area contributed by atoms with Gasteiger partial charge in [-0.25, -0.2) is 18.7 Å². The minimum Gasteiger partial charge on any atom is -1.00 e. The first-order chi connectivity index (χ1) is 22.9. The summed E-state index contributed by atoms with van der Waals surface area (Å²) in [4.78, 5) is 39.7. The first-order valence-electron chi connectivity index (χ1n) is 17.2. The number of halogens is 1. The van der Waals surface area contributed by atoms with Crippen LogP contribution in [0.25, 0.3) is 0 Å². The zero-order valence-corrected chi connectivity index (χ0v) is 29.8. The molecule has 2 fully saturated rings. The molecule has 49 heavy (non-hydrogen) atoms. The number of hydrogen-bond donors (Lipinski definition) is 1. The van der Waals surface area contributed by atoms with Crippen LogP contribution in [-0.4, -0.2) is 76.9 Å². The maximum Gasteiger partial charge on any atom is 0.335 e. The second-order valence-corrected chi connectivity index (χ2v) is 14.2. The van der Waals surface area contributed by atoms with Gasteiger partial charge >= 0.3 is 17.9 Å². The highest BCUT2D eigenvalue weighted by Gasteiger charge is 2.69. The van der Waals surface area contributed by atoms with E-state index in [9.17, 15) is 19.5 Å². The Hall–Kier alpha value is -3.25. The van der Waals surface area contributed by atoms with Crippen molar-refractivity contribution in [2.45, 2.75) is 102 Å². The fourth-order valence-corrected chi connectivity index (χ4v) is 8.66. The molecule has 5 aliphatic rings. The number of rotatable bonds is 9. The van der Waals surface area contributed by atoms with Gasteiger partial charge in [-0.15, -0.1) is 0 Å². The number of carbonyl (C=O) groups is 3. The van der Waals surface area contributed by atoms with Gasteiger partial charge in [-0.05, 0) is 38.7 Å². The Bertz CT molecular complexity index is 1530. The van der Waals surface area contributed by atoms with Crippen LogP contribution in [0.3, 0.4) is 0 Å². The molecule has 0 aromatic carbocycles. The Balaban J connectivity index is 0.00000468. The first kappa shape index (κ1) is 37.0. The van der Waals surface area contributed by atoms with Gasteiger partial charge in [-0.3, -0.25) is 4.79 Å². The lowest BCUT2D eigenvalue weighted by Crippen LogP contribution is -3.00. The summed E-state index contributed by atoms with van der Waals surface area (Å²) < 4.78 is 34.7. The Labute approximate surface area is 294 Å². The Morgan fingerprint density at radius 3 is 2.69 bits per heavy atom. The van der Waals surface area contributed by atoms with Crippen LogP contribution in [0.5, 0.6) is 0 Å². The summed E-state index contributed by atoms with van der Waals surface area (Å²) in [7, 11) is 3.42. The second kappa shape index (κ2) is 14.9. The number of methoxy groups -OCH3 is 1. The van der Waals surface area contributed by atoms with Gasteiger partial charge in [0, 0.05) is 48.7 Å². The number of hydrogen-bond acceptors (Lipinski definition) is 9. The molecule has 1 saturated carbocycles. The highest BCUT2D eigenvalue weighted by Crippen LogP contribution is 2.61. The molecular weight excluding hydrogens is 652 g/mol. The van der Waals surface area contributed by atoms with Crippen LogP contribution < -0.4 is 17.0 Å². The molecule has 1 aromatic rings. The molecule has 12 atom stereocenters. The van der Waals surface area contributed by atoms with Gasteiger partial charge in [0.25, 0.3) is 0 Å². The van der Waals surface area contributed by atoms with E-state index in [0.29, 0.717) is 25.0 Å². The number of imidazole rings is 1. The van der Waals surface area contributed by atoms with Crippen LogP contribution in [0.1, 0.15) is 53.4 Å². The number of ether oxygens (including phenoxy) is 5. The molecule has 0 unspecified atom stereocenters. The maximum atomic E-state index is 13.6. The molecule has 1 saturated heterocycles. The predicted molar refractivity (Wildman–Crippen MR) is 173 cm³/mol. The molecule has 1 aromatic heterocycles.